The number of hydrogen-bond acceptors (Lipinski definition) is 4. The van der Waals surface area contributed by atoms with Gasteiger partial charge in [0.1, 0.15) is 4.83 Å². The molecule has 176 valence electrons. The van der Waals surface area contributed by atoms with Gasteiger partial charge in [-0.25, -0.2) is 4.68 Å². The first-order chi connectivity index (χ1) is 16.7. The summed E-state index contributed by atoms with van der Waals surface area (Å²) in [7, 11) is 0. The van der Waals surface area contributed by atoms with Gasteiger partial charge in [0.2, 0.25) is 0 Å². The van der Waals surface area contributed by atoms with E-state index in [0.29, 0.717) is 6.54 Å². The van der Waals surface area contributed by atoms with Gasteiger partial charge in [0.15, 0.2) is 0 Å². The van der Waals surface area contributed by atoms with Crippen LogP contribution in [0.15, 0.2) is 66.7 Å². The van der Waals surface area contributed by atoms with Crippen LogP contribution in [-0.4, -0.2) is 46.8 Å². The number of nitrogens with one attached hydrogen (secondary N) is 1. The molecule has 0 radical (unpaired) electrons. The second-order valence-electron chi connectivity index (χ2n) is 9.25. The van der Waals surface area contributed by atoms with Crippen LogP contribution in [0.1, 0.15) is 40.2 Å². The summed E-state index contributed by atoms with van der Waals surface area (Å²) in [6, 6.07) is 22.9. The number of nitrogens with zero attached hydrogens (tertiary/aromatic N) is 3. The minimum atomic E-state index is 0.0155. The number of aryl methyl sites for hydroxylation is 1. The zero-order chi connectivity index (χ0) is 23.3. The smallest absolute Gasteiger partial charge is 0.261 e. The van der Waals surface area contributed by atoms with Gasteiger partial charge in [-0.1, -0.05) is 48.5 Å². The molecule has 2 aromatic heterocycles. The Morgan fingerprint density at radius 2 is 1.76 bits per heavy atom. The summed E-state index contributed by atoms with van der Waals surface area (Å²) in [5.74, 6) is 0.809. The molecule has 0 bridgehead atoms. The average Bonchev–Trinajstić information content (AvgIpc) is 3.44. The van der Waals surface area contributed by atoms with Gasteiger partial charge in [0.05, 0.1) is 16.3 Å². The van der Waals surface area contributed by atoms with Crippen molar-refractivity contribution in [1.29, 1.82) is 0 Å². The van der Waals surface area contributed by atoms with Crippen LogP contribution >= 0.6 is 11.3 Å². The normalized spacial score (nSPS) is 15.1. The van der Waals surface area contributed by atoms with E-state index in [1.165, 1.54) is 36.2 Å². The van der Waals surface area contributed by atoms with E-state index in [1.54, 1.807) is 0 Å². The Morgan fingerprint density at radius 3 is 2.50 bits per heavy atom. The molecule has 1 aliphatic heterocycles. The highest BCUT2D eigenvalue weighted by molar-refractivity contribution is 7.20. The van der Waals surface area contributed by atoms with Crippen molar-refractivity contribution in [2.75, 3.05) is 26.2 Å². The number of piperidine rings is 1. The number of aromatic nitrogens is 2. The molecular weight excluding hydrogens is 440 g/mol. The molecule has 34 heavy (non-hydrogen) atoms. The zero-order valence-corrected chi connectivity index (χ0v) is 20.6. The number of benzene rings is 2. The van der Waals surface area contributed by atoms with Crippen LogP contribution < -0.4 is 5.32 Å². The van der Waals surface area contributed by atoms with Crippen LogP contribution in [0.25, 0.3) is 15.9 Å². The molecule has 0 saturated carbocycles. The first-order valence-corrected chi connectivity index (χ1v) is 13.1. The van der Waals surface area contributed by atoms with Crippen LogP contribution in [0.4, 0.5) is 0 Å². The number of hydrogen-bond donors (Lipinski definition) is 1. The van der Waals surface area contributed by atoms with Crippen LogP contribution in [0.3, 0.4) is 0 Å². The number of rotatable bonds is 8. The van der Waals surface area contributed by atoms with Gasteiger partial charge in [-0.3, -0.25) is 4.79 Å². The van der Waals surface area contributed by atoms with E-state index in [1.807, 2.05) is 48.0 Å². The van der Waals surface area contributed by atoms with Crippen molar-refractivity contribution in [3.05, 3.63) is 82.9 Å². The minimum absolute atomic E-state index is 0.0155. The summed E-state index contributed by atoms with van der Waals surface area (Å²) in [6.45, 7) is 6.08. The second kappa shape index (κ2) is 10.5. The summed E-state index contributed by atoms with van der Waals surface area (Å²) in [5, 5.41) is 8.84. The summed E-state index contributed by atoms with van der Waals surface area (Å²) < 4.78 is 1.94. The predicted octanol–water partition coefficient (Wildman–Crippen LogP) is 5.47. The van der Waals surface area contributed by atoms with Gasteiger partial charge < -0.3 is 10.2 Å². The molecule has 0 atom stereocenters. The maximum absolute atomic E-state index is 12.8. The molecule has 0 spiro atoms. The minimum Gasteiger partial charge on any atom is -0.351 e. The molecular formula is C28H32N4OS. The van der Waals surface area contributed by atoms with Crippen molar-refractivity contribution in [3.8, 4) is 5.69 Å². The van der Waals surface area contributed by atoms with Gasteiger partial charge in [0, 0.05) is 11.9 Å². The molecule has 1 saturated heterocycles. The third-order valence-corrected chi connectivity index (χ3v) is 7.89. The molecule has 0 aliphatic carbocycles. The SMILES string of the molecule is Cc1nn(-c2ccccc2)c2sc(C(=O)NCCCN3CCC(Cc4ccccc4)CC3)cc12. The Kier molecular flexibility index (Phi) is 7.07. The Balaban J connectivity index is 1.08. The number of thiophene rings is 1. The van der Waals surface area contributed by atoms with E-state index >= 15 is 0 Å². The monoisotopic (exact) mass is 472 g/mol. The van der Waals surface area contributed by atoms with Gasteiger partial charge in [-0.2, -0.15) is 5.10 Å². The quantitative estimate of drug-likeness (QED) is 0.346. The van der Waals surface area contributed by atoms with Crippen molar-refractivity contribution >= 4 is 27.5 Å². The molecule has 1 amide bonds. The Bertz CT molecular complexity index is 1220. The van der Waals surface area contributed by atoms with Crippen molar-refractivity contribution in [1.82, 2.24) is 20.0 Å². The predicted molar refractivity (Wildman–Crippen MR) is 140 cm³/mol. The van der Waals surface area contributed by atoms with Crippen molar-refractivity contribution < 1.29 is 4.79 Å². The third-order valence-electron chi connectivity index (χ3n) is 6.78. The molecule has 0 unspecified atom stereocenters. The molecule has 5 nitrogen and oxygen atoms in total. The molecule has 2 aromatic carbocycles. The van der Waals surface area contributed by atoms with Gasteiger partial charge in [-0.15, -0.1) is 11.3 Å². The summed E-state index contributed by atoms with van der Waals surface area (Å²) in [5.41, 5.74) is 3.42. The number of fused-ring (bicyclic) bond motifs is 1. The number of carbonyl (C=O) groups excluding carboxylic acids is 1. The fourth-order valence-corrected chi connectivity index (χ4v) is 5.96. The summed E-state index contributed by atoms with van der Waals surface area (Å²) in [4.78, 5) is 17.1. The highest BCUT2D eigenvalue weighted by Gasteiger charge is 2.20. The first-order valence-electron chi connectivity index (χ1n) is 12.3. The molecule has 6 heteroatoms. The fraction of sp³-hybridized carbons (Fsp3) is 0.357. The Labute approximate surface area is 205 Å². The van der Waals surface area contributed by atoms with E-state index in [9.17, 15) is 4.79 Å². The van der Waals surface area contributed by atoms with Crippen LogP contribution in [0, 0.1) is 12.8 Å². The lowest BCUT2D eigenvalue weighted by Crippen LogP contribution is -2.36. The van der Waals surface area contributed by atoms with Crippen LogP contribution in [-0.2, 0) is 6.42 Å². The molecule has 5 rings (SSSR count). The summed E-state index contributed by atoms with van der Waals surface area (Å²) >= 11 is 1.51. The largest absolute Gasteiger partial charge is 0.351 e. The zero-order valence-electron chi connectivity index (χ0n) is 19.7. The maximum Gasteiger partial charge on any atom is 0.261 e. The number of para-hydroxylation sites is 1. The first kappa shape index (κ1) is 22.8. The topological polar surface area (TPSA) is 50.2 Å². The molecule has 4 aromatic rings. The highest BCUT2D eigenvalue weighted by Crippen LogP contribution is 2.30. The van der Waals surface area contributed by atoms with E-state index < -0.39 is 0 Å². The molecule has 1 N–H and O–H groups in total. The molecule has 1 fully saturated rings. The standard InChI is InChI=1S/C28H32N4OS/c1-21-25-20-26(34-28(25)32(30-21)24-11-6-3-7-12-24)27(33)29-15-8-16-31-17-13-23(14-18-31)19-22-9-4-2-5-10-22/h2-7,9-12,20,23H,8,13-19H2,1H3,(H,29,33). The lowest BCUT2D eigenvalue weighted by molar-refractivity contribution is 0.0954. The maximum atomic E-state index is 12.8. The number of carbonyl (C=O) groups is 1. The Morgan fingerprint density at radius 1 is 1.06 bits per heavy atom. The lowest BCUT2D eigenvalue weighted by Gasteiger charge is -2.32. The van der Waals surface area contributed by atoms with Crippen molar-refractivity contribution in [2.45, 2.75) is 32.6 Å². The number of amides is 1. The Hall–Kier alpha value is -2.96. The average molecular weight is 473 g/mol. The molecule has 3 heterocycles. The van der Waals surface area contributed by atoms with E-state index in [2.05, 4.69) is 45.6 Å². The van der Waals surface area contributed by atoms with E-state index in [0.717, 1.165) is 58.4 Å². The van der Waals surface area contributed by atoms with Crippen molar-refractivity contribution in [2.24, 2.45) is 5.92 Å². The second-order valence-corrected chi connectivity index (χ2v) is 10.3. The van der Waals surface area contributed by atoms with Crippen LogP contribution in [0.5, 0.6) is 0 Å². The van der Waals surface area contributed by atoms with Crippen LogP contribution in [0.2, 0.25) is 0 Å². The fourth-order valence-electron chi connectivity index (χ4n) is 4.86. The van der Waals surface area contributed by atoms with Gasteiger partial charge >= 0.3 is 0 Å². The van der Waals surface area contributed by atoms with E-state index in [-0.39, 0.29) is 5.91 Å². The molecule has 1 aliphatic rings. The van der Waals surface area contributed by atoms with E-state index in [4.69, 9.17) is 0 Å². The van der Waals surface area contributed by atoms with Gasteiger partial charge in [-0.05, 0) is 81.9 Å². The van der Waals surface area contributed by atoms with Crippen molar-refractivity contribution in [3.63, 3.8) is 0 Å². The summed E-state index contributed by atoms with van der Waals surface area (Å²) in [6.07, 6.45) is 4.71. The number of likely N-dealkylation sites (tertiary alicyclic amines) is 1. The lowest BCUT2D eigenvalue weighted by atomic mass is 9.90. The third kappa shape index (κ3) is 5.24. The highest BCUT2D eigenvalue weighted by atomic mass is 32.1. The van der Waals surface area contributed by atoms with Gasteiger partial charge in [0.25, 0.3) is 5.91 Å².